The summed E-state index contributed by atoms with van der Waals surface area (Å²) in [5.74, 6) is -1.35. The number of hydrogen-bond acceptors (Lipinski definition) is 3. The van der Waals surface area contributed by atoms with Gasteiger partial charge >= 0.3 is 18.6 Å². The van der Waals surface area contributed by atoms with E-state index in [1.807, 2.05) is 6.92 Å². The van der Waals surface area contributed by atoms with Crippen LogP contribution in [0, 0.1) is 11.8 Å². The molecule has 1 aromatic rings. The number of benzene rings is 1. The van der Waals surface area contributed by atoms with Gasteiger partial charge in [-0.05, 0) is 30.0 Å². The number of carboxylic acid groups (broad SMARTS) is 1. The van der Waals surface area contributed by atoms with E-state index in [-0.39, 0.29) is 30.8 Å². The minimum Gasteiger partial charge on any atom is -0.481 e. The molecule has 2 unspecified atom stereocenters. The van der Waals surface area contributed by atoms with Crippen molar-refractivity contribution in [3.05, 3.63) is 29.8 Å². The van der Waals surface area contributed by atoms with Crippen LogP contribution in [0.5, 0.6) is 5.75 Å². The first-order valence-electron chi connectivity index (χ1n) is 7.64. The monoisotopic (exact) mass is 342 g/mol. The second kappa shape index (κ2) is 7.94. The van der Waals surface area contributed by atoms with Crippen molar-refractivity contribution in [3.8, 4) is 5.75 Å². The van der Waals surface area contributed by atoms with Crippen molar-refractivity contribution in [3.63, 3.8) is 0 Å². The molecular weight excluding hydrogens is 322 g/mol. The third-order valence-electron chi connectivity index (χ3n) is 3.86. The van der Waals surface area contributed by atoms with E-state index in [0.717, 1.165) is 0 Å². The van der Waals surface area contributed by atoms with Crippen LogP contribution in [0.15, 0.2) is 24.3 Å². The van der Waals surface area contributed by atoms with Gasteiger partial charge in [-0.3, -0.25) is 4.79 Å². The molecule has 0 saturated carbocycles. The average molecular weight is 342 g/mol. The van der Waals surface area contributed by atoms with Crippen LogP contribution in [0.1, 0.15) is 18.9 Å². The van der Waals surface area contributed by atoms with Gasteiger partial charge in [0.15, 0.2) is 0 Å². The summed E-state index contributed by atoms with van der Waals surface area (Å²) in [4.78, 5) is 24.8. The third-order valence-corrected chi connectivity index (χ3v) is 3.86. The number of nitrogens with one attached hydrogen (secondary N) is 1. The number of ether oxygens (including phenoxy) is 1. The van der Waals surface area contributed by atoms with E-state index in [9.17, 15) is 18.4 Å². The molecule has 6 nitrogen and oxygen atoms in total. The number of alkyl halides is 2. The van der Waals surface area contributed by atoms with Crippen molar-refractivity contribution in [2.24, 2.45) is 11.8 Å². The molecule has 1 aliphatic heterocycles. The first kappa shape index (κ1) is 18.0. The van der Waals surface area contributed by atoms with Gasteiger partial charge in [0.2, 0.25) is 0 Å². The summed E-state index contributed by atoms with van der Waals surface area (Å²) < 4.78 is 28.7. The van der Waals surface area contributed by atoms with Gasteiger partial charge in [0, 0.05) is 19.6 Å². The molecule has 0 aliphatic carbocycles. The molecule has 1 aromatic carbocycles. The number of piperidine rings is 1. The molecular formula is C16H20F2N2O4. The number of urea groups is 1. The zero-order valence-electron chi connectivity index (χ0n) is 13.2. The SMILES string of the molecule is CC1CC(C(=O)O)CN(C(=O)NCc2cccc(OC(F)F)c2)C1. The van der Waals surface area contributed by atoms with E-state index in [0.29, 0.717) is 18.5 Å². The van der Waals surface area contributed by atoms with Gasteiger partial charge in [0.25, 0.3) is 0 Å². The molecule has 132 valence electrons. The van der Waals surface area contributed by atoms with Gasteiger partial charge in [-0.15, -0.1) is 0 Å². The molecule has 24 heavy (non-hydrogen) atoms. The first-order chi connectivity index (χ1) is 11.3. The number of carbonyl (C=O) groups is 2. The van der Waals surface area contributed by atoms with E-state index < -0.39 is 18.5 Å². The van der Waals surface area contributed by atoms with Crippen molar-refractivity contribution in [2.45, 2.75) is 26.5 Å². The maximum absolute atomic E-state index is 12.2. The van der Waals surface area contributed by atoms with Crippen LogP contribution in [0.3, 0.4) is 0 Å². The number of likely N-dealkylation sites (tertiary alicyclic amines) is 1. The number of carbonyl (C=O) groups excluding carboxylic acids is 1. The van der Waals surface area contributed by atoms with Crippen molar-refractivity contribution >= 4 is 12.0 Å². The van der Waals surface area contributed by atoms with Crippen LogP contribution in [0.25, 0.3) is 0 Å². The smallest absolute Gasteiger partial charge is 0.387 e. The zero-order chi connectivity index (χ0) is 17.7. The lowest BCUT2D eigenvalue weighted by Crippen LogP contribution is -2.49. The van der Waals surface area contributed by atoms with Gasteiger partial charge in [0.05, 0.1) is 5.92 Å². The molecule has 1 aliphatic rings. The fourth-order valence-corrected chi connectivity index (χ4v) is 2.82. The second-order valence-corrected chi connectivity index (χ2v) is 5.97. The molecule has 1 fully saturated rings. The van der Waals surface area contributed by atoms with Crippen molar-refractivity contribution < 1.29 is 28.2 Å². The minimum atomic E-state index is -2.90. The highest BCUT2D eigenvalue weighted by atomic mass is 19.3. The maximum atomic E-state index is 12.2. The molecule has 2 rings (SSSR count). The van der Waals surface area contributed by atoms with Crippen molar-refractivity contribution in [1.82, 2.24) is 10.2 Å². The standard InChI is InChI=1S/C16H20F2N2O4/c1-10-5-12(14(21)22)9-20(8-10)16(23)19-7-11-3-2-4-13(6-11)24-15(17)18/h2-4,6,10,12,15H,5,7-9H2,1H3,(H,19,23)(H,21,22). The van der Waals surface area contributed by atoms with E-state index in [4.69, 9.17) is 5.11 Å². The Labute approximate surface area is 138 Å². The Bertz CT molecular complexity index is 597. The quantitative estimate of drug-likeness (QED) is 0.862. The summed E-state index contributed by atoms with van der Waals surface area (Å²) in [7, 11) is 0. The topological polar surface area (TPSA) is 78.9 Å². The Balaban J connectivity index is 1.91. The lowest BCUT2D eigenvalue weighted by atomic mass is 9.91. The van der Waals surface area contributed by atoms with E-state index in [1.165, 1.54) is 17.0 Å². The number of aliphatic carboxylic acids is 1. The highest BCUT2D eigenvalue weighted by Crippen LogP contribution is 2.22. The molecule has 0 radical (unpaired) electrons. The van der Waals surface area contributed by atoms with Gasteiger partial charge in [-0.2, -0.15) is 8.78 Å². The second-order valence-electron chi connectivity index (χ2n) is 5.97. The van der Waals surface area contributed by atoms with E-state index in [1.54, 1.807) is 12.1 Å². The third kappa shape index (κ3) is 5.07. The first-order valence-corrected chi connectivity index (χ1v) is 7.64. The molecule has 1 saturated heterocycles. The normalized spacial score (nSPS) is 20.8. The molecule has 8 heteroatoms. The summed E-state index contributed by atoms with van der Waals surface area (Å²) in [5, 5.41) is 11.8. The molecule has 0 aromatic heterocycles. The Kier molecular flexibility index (Phi) is 5.94. The molecule has 0 bridgehead atoms. The fourth-order valence-electron chi connectivity index (χ4n) is 2.82. The summed E-state index contributed by atoms with van der Waals surface area (Å²) in [5.41, 5.74) is 0.612. The summed E-state index contributed by atoms with van der Waals surface area (Å²) >= 11 is 0. The van der Waals surface area contributed by atoms with Crippen molar-refractivity contribution in [2.75, 3.05) is 13.1 Å². The number of nitrogens with zero attached hydrogens (tertiary/aromatic N) is 1. The van der Waals surface area contributed by atoms with Gasteiger partial charge in [-0.1, -0.05) is 19.1 Å². The summed E-state index contributed by atoms with van der Waals surface area (Å²) in [6.45, 7) is -0.204. The highest BCUT2D eigenvalue weighted by Gasteiger charge is 2.31. The van der Waals surface area contributed by atoms with Crippen LogP contribution >= 0.6 is 0 Å². The molecule has 2 amide bonds. The predicted molar refractivity (Wildman–Crippen MR) is 81.8 cm³/mol. The lowest BCUT2D eigenvalue weighted by Gasteiger charge is -2.34. The average Bonchev–Trinajstić information content (AvgIpc) is 2.51. The molecule has 2 atom stereocenters. The van der Waals surface area contributed by atoms with Gasteiger partial charge < -0.3 is 20.1 Å². The van der Waals surface area contributed by atoms with Crippen LogP contribution in [-0.2, 0) is 11.3 Å². The zero-order valence-corrected chi connectivity index (χ0v) is 13.2. The van der Waals surface area contributed by atoms with Crippen molar-refractivity contribution in [1.29, 1.82) is 0 Å². The highest BCUT2D eigenvalue weighted by molar-refractivity contribution is 5.76. The predicted octanol–water partition coefficient (Wildman–Crippen LogP) is 2.54. The van der Waals surface area contributed by atoms with Crippen LogP contribution in [0.4, 0.5) is 13.6 Å². The Hall–Kier alpha value is -2.38. The molecule has 1 heterocycles. The fraction of sp³-hybridized carbons (Fsp3) is 0.500. The molecule has 2 N–H and O–H groups in total. The Morgan fingerprint density at radius 2 is 2.17 bits per heavy atom. The number of halogens is 2. The number of carboxylic acids is 1. The number of rotatable bonds is 5. The van der Waals surface area contributed by atoms with Gasteiger partial charge in [-0.25, -0.2) is 4.79 Å². The van der Waals surface area contributed by atoms with Crippen LogP contribution in [-0.4, -0.2) is 41.7 Å². The van der Waals surface area contributed by atoms with Gasteiger partial charge in [0.1, 0.15) is 5.75 Å². The molecule has 0 spiro atoms. The largest absolute Gasteiger partial charge is 0.481 e. The minimum absolute atomic E-state index is 0.0225. The van der Waals surface area contributed by atoms with E-state index >= 15 is 0 Å². The number of hydrogen-bond donors (Lipinski definition) is 2. The summed E-state index contributed by atoms with van der Waals surface area (Å²) in [6, 6.07) is 5.69. The maximum Gasteiger partial charge on any atom is 0.387 e. The lowest BCUT2D eigenvalue weighted by molar-refractivity contribution is -0.143. The van der Waals surface area contributed by atoms with Crippen LogP contribution < -0.4 is 10.1 Å². The number of amides is 2. The van der Waals surface area contributed by atoms with Crippen LogP contribution in [0.2, 0.25) is 0 Å². The Morgan fingerprint density at radius 3 is 2.83 bits per heavy atom. The summed E-state index contributed by atoms with van der Waals surface area (Å²) in [6.07, 6.45) is 0.548. The van der Waals surface area contributed by atoms with E-state index in [2.05, 4.69) is 10.1 Å². The Morgan fingerprint density at radius 1 is 1.42 bits per heavy atom.